The molecule has 0 aliphatic heterocycles. The number of hydrogen-bond acceptors (Lipinski definition) is 7. The fourth-order valence-electron chi connectivity index (χ4n) is 5.31. The summed E-state index contributed by atoms with van der Waals surface area (Å²) in [6.07, 6.45) is 9.94. The quantitative estimate of drug-likeness (QED) is 0.194. The minimum atomic E-state index is -0.618. The van der Waals surface area contributed by atoms with Crippen LogP contribution in [0, 0.1) is 11.3 Å². The third kappa shape index (κ3) is 7.82. The second-order valence-electron chi connectivity index (χ2n) is 10.7. The van der Waals surface area contributed by atoms with Gasteiger partial charge in [0.25, 0.3) is 0 Å². The minimum Gasteiger partial charge on any atom is -0.491 e. The third-order valence-electron chi connectivity index (χ3n) is 7.36. The number of aliphatic imine (C=N–C) groups is 1. The lowest BCUT2D eigenvalue weighted by molar-refractivity contribution is 0.0515. The first kappa shape index (κ1) is 33.2. The van der Waals surface area contributed by atoms with Crippen LogP contribution in [0.5, 0.6) is 0 Å². The second kappa shape index (κ2) is 15.7. The van der Waals surface area contributed by atoms with Crippen molar-refractivity contribution < 1.29 is 23.7 Å². The molecular weight excluding hydrogens is 508 g/mol. The van der Waals surface area contributed by atoms with Crippen LogP contribution < -0.4 is 5.43 Å². The number of ether oxygens (including phenoxy) is 4. The Hall–Kier alpha value is -2.97. The van der Waals surface area contributed by atoms with Gasteiger partial charge in [-0.2, -0.15) is 0 Å². The maximum absolute atomic E-state index is 13.5. The molecule has 40 heavy (non-hydrogen) atoms. The number of nitrogens with zero attached hydrogens (tertiary/aromatic N) is 2. The van der Waals surface area contributed by atoms with E-state index < -0.39 is 5.97 Å². The fraction of sp³-hybridized carbons (Fsp3) is 0.594. The summed E-state index contributed by atoms with van der Waals surface area (Å²) in [6.45, 7) is 14.2. The smallest absolute Gasteiger partial charge is 0.343 e. The summed E-state index contributed by atoms with van der Waals surface area (Å²) < 4.78 is 24.2. The first-order valence-electron chi connectivity index (χ1n) is 14.3. The van der Waals surface area contributed by atoms with E-state index in [2.05, 4.69) is 44.2 Å². The number of esters is 1. The number of methoxy groups -OCH3 is 2. The number of rotatable bonds is 15. The highest BCUT2D eigenvalue weighted by molar-refractivity contribution is 6.18. The molecule has 0 spiro atoms. The van der Waals surface area contributed by atoms with Crippen LogP contribution in [-0.2, 0) is 18.9 Å². The van der Waals surface area contributed by atoms with Crippen molar-refractivity contribution in [1.29, 1.82) is 0 Å². The number of carbonyl (C=O) groups excluding carboxylic acids is 1. The highest BCUT2D eigenvalue weighted by Gasteiger charge is 2.34. The zero-order valence-corrected chi connectivity index (χ0v) is 25.8. The summed E-state index contributed by atoms with van der Waals surface area (Å²) in [5, 5.41) is 0. The van der Waals surface area contributed by atoms with Crippen molar-refractivity contribution >= 4 is 17.3 Å². The van der Waals surface area contributed by atoms with Gasteiger partial charge in [-0.1, -0.05) is 46.8 Å². The monoisotopic (exact) mass is 556 g/mol. The standard InChI is InChI=1S/C32H48N2O6/c1-10-22(4)29(23-15-13-16-27(30(23)33-7)40-18-14-17-37-8)25-19-26(35)24(31(36)39-12-3)20-34(25)28(11-2)32(5,6)21-38-9/h13,15-16,19-20,22,28H,10-12,14,17-18,21H2,1-9H3/b29-23+,33-30+. The number of carbonyl (C=O) groups is 1. The van der Waals surface area contributed by atoms with Crippen LogP contribution in [0.4, 0.5) is 0 Å². The van der Waals surface area contributed by atoms with Crippen molar-refractivity contribution in [1.82, 2.24) is 4.57 Å². The molecule has 0 aromatic carbocycles. The Labute approximate surface area is 239 Å². The van der Waals surface area contributed by atoms with Gasteiger partial charge in [-0.25, -0.2) is 4.79 Å². The van der Waals surface area contributed by atoms with Crippen LogP contribution >= 0.6 is 0 Å². The van der Waals surface area contributed by atoms with Gasteiger partial charge >= 0.3 is 5.97 Å². The lowest BCUT2D eigenvalue weighted by Crippen LogP contribution is -2.34. The maximum atomic E-state index is 13.5. The topological polar surface area (TPSA) is 88.3 Å². The largest absolute Gasteiger partial charge is 0.491 e. The Kier molecular flexibility index (Phi) is 13.1. The van der Waals surface area contributed by atoms with E-state index in [1.807, 2.05) is 18.2 Å². The van der Waals surface area contributed by atoms with E-state index in [4.69, 9.17) is 18.9 Å². The summed E-state index contributed by atoms with van der Waals surface area (Å²) in [5.41, 5.74) is 2.72. The lowest BCUT2D eigenvalue weighted by Gasteiger charge is -2.38. The van der Waals surface area contributed by atoms with E-state index in [0.29, 0.717) is 25.6 Å². The third-order valence-corrected chi connectivity index (χ3v) is 7.36. The van der Waals surface area contributed by atoms with Crippen LogP contribution in [0.3, 0.4) is 0 Å². The zero-order valence-electron chi connectivity index (χ0n) is 25.8. The molecular formula is C32H48N2O6. The Morgan fingerprint density at radius 2 is 1.82 bits per heavy atom. The van der Waals surface area contributed by atoms with E-state index in [9.17, 15) is 9.59 Å². The normalized spacial score (nSPS) is 17.4. The molecule has 1 aliphatic carbocycles. The molecule has 1 heterocycles. The van der Waals surface area contributed by atoms with E-state index in [0.717, 1.165) is 41.8 Å². The number of hydrogen-bond donors (Lipinski definition) is 0. The van der Waals surface area contributed by atoms with Gasteiger partial charge in [0.2, 0.25) is 0 Å². The van der Waals surface area contributed by atoms with E-state index in [-0.39, 0.29) is 35.0 Å². The summed E-state index contributed by atoms with van der Waals surface area (Å²) >= 11 is 0. The predicted molar refractivity (Wildman–Crippen MR) is 161 cm³/mol. The minimum absolute atomic E-state index is 0.0244. The first-order valence-corrected chi connectivity index (χ1v) is 14.3. The molecule has 0 amide bonds. The van der Waals surface area contributed by atoms with Gasteiger partial charge in [-0.3, -0.25) is 9.79 Å². The van der Waals surface area contributed by atoms with Crippen molar-refractivity contribution in [3.8, 4) is 0 Å². The average Bonchev–Trinajstić information content (AvgIpc) is 2.92. The van der Waals surface area contributed by atoms with Crippen molar-refractivity contribution in [2.75, 3.05) is 47.7 Å². The molecule has 0 N–H and O–H groups in total. The predicted octanol–water partition coefficient (Wildman–Crippen LogP) is 6.03. The number of pyridine rings is 1. The summed E-state index contributed by atoms with van der Waals surface area (Å²) in [4.78, 5) is 30.9. The Morgan fingerprint density at radius 3 is 2.40 bits per heavy atom. The van der Waals surface area contributed by atoms with Gasteiger partial charge < -0.3 is 23.5 Å². The van der Waals surface area contributed by atoms with Crippen LogP contribution in [0.15, 0.2) is 51.6 Å². The average molecular weight is 557 g/mol. The summed E-state index contributed by atoms with van der Waals surface area (Å²) in [5.74, 6) is 0.139. The lowest BCUT2D eigenvalue weighted by atomic mass is 9.81. The van der Waals surface area contributed by atoms with Crippen molar-refractivity contribution in [3.63, 3.8) is 0 Å². The molecule has 0 radical (unpaired) electrons. The molecule has 1 aromatic rings. The molecule has 0 saturated heterocycles. The summed E-state index contributed by atoms with van der Waals surface area (Å²) in [6, 6.07) is 1.51. The van der Waals surface area contributed by atoms with Gasteiger partial charge in [0.05, 0.1) is 19.8 Å². The molecule has 1 aliphatic rings. The Morgan fingerprint density at radius 1 is 1.10 bits per heavy atom. The van der Waals surface area contributed by atoms with Crippen molar-refractivity contribution in [3.05, 3.63) is 63.3 Å². The van der Waals surface area contributed by atoms with E-state index >= 15 is 0 Å². The molecule has 0 saturated carbocycles. The molecule has 8 nitrogen and oxygen atoms in total. The highest BCUT2D eigenvalue weighted by atomic mass is 16.5. The Balaban J connectivity index is 2.89. The molecule has 222 valence electrons. The van der Waals surface area contributed by atoms with Gasteiger partial charge in [0.1, 0.15) is 17.0 Å². The maximum Gasteiger partial charge on any atom is 0.343 e. The van der Waals surface area contributed by atoms with Gasteiger partial charge in [0.15, 0.2) is 5.43 Å². The molecule has 2 rings (SSSR count). The second-order valence-corrected chi connectivity index (χ2v) is 10.7. The van der Waals surface area contributed by atoms with Crippen molar-refractivity contribution in [2.45, 2.75) is 66.8 Å². The van der Waals surface area contributed by atoms with Crippen LogP contribution in [-0.4, -0.2) is 63.9 Å². The van der Waals surface area contributed by atoms with Gasteiger partial charge in [-0.15, -0.1) is 0 Å². The first-order chi connectivity index (χ1) is 19.1. The van der Waals surface area contributed by atoms with Crippen LogP contribution in [0.1, 0.15) is 82.9 Å². The molecule has 0 fully saturated rings. The van der Waals surface area contributed by atoms with Gasteiger partial charge in [-0.05, 0) is 37.3 Å². The Bertz CT molecular complexity index is 1190. The number of allylic oxidation sites excluding steroid dienone is 5. The van der Waals surface area contributed by atoms with E-state index in [1.165, 1.54) is 0 Å². The van der Waals surface area contributed by atoms with Crippen LogP contribution in [0.25, 0.3) is 5.57 Å². The molecule has 0 bridgehead atoms. The SMILES string of the molecule is CCOC(=O)c1cn(C(CC)C(C)(C)COC)c(/C(=C2\C=CC=C(OCCCOC)\C2=N\C)C(C)CC)cc1=O. The van der Waals surface area contributed by atoms with Gasteiger partial charge in [0, 0.05) is 69.3 Å². The fourth-order valence-corrected chi connectivity index (χ4v) is 5.31. The molecule has 1 aromatic heterocycles. The van der Waals surface area contributed by atoms with Crippen molar-refractivity contribution in [2.24, 2.45) is 16.3 Å². The number of aromatic nitrogens is 1. The summed E-state index contributed by atoms with van der Waals surface area (Å²) in [7, 11) is 5.11. The molecule has 8 heteroatoms. The highest BCUT2D eigenvalue weighted by Crippen LogP contribution is 2.40. The molecule has 2 atom stereocenters. The van der Waals surface area contributed by atoms with E-state index in [1.54, 1.807) is 40.5 Å². The zero-order chi connectivity index (χ0) is 29.9. The molecule has 2 unspecified atom stereocenters. The van der Waals surface area contributed by atoms with Crippen LogP contribution in [0.2, 0.25) is 0 Å².